The molecule has 1 saturated heterocycles. The molecule has 0 bridgehead atoms. The number of hydrogen-bond acceptors (Lipinski definition) is 4. The average molecular weight is 319 g/mol. The molecule has 0 saturated carbocycles. The molecule has 1 aromatic carbocycles. The Hall–Kier alpha value is -1.75. The molecule has 5 heteroatoms. The van der Waals surface area contributed by atoms with Crippen molar-refractivity contribution in [1.82, 2.24) is 10.6 Å². The van der Waals surface area contributed by atoms with Crippen LogP contribution in [0.5, 0.6) is 5.75 Å². The Morgan fingerprint density at radius 3 is 2.61 bits per heavy atom. The number of carbonyl (C=O) groups excluding carboxylic acids is 1. The van der Waals surface area contributed by atoms with Crippen molar-refractivity contribution in [3.05, 3.63) is 22.8 Å². The van der Waals surface area contributed by atoms with Gasteiger partial charge in [0, 0.05) is 11.7 Å². The highest BCUT2D eigenvalue weighted by Crippen LogP contribution is 2.30. The molecule has 1 aromatic rings. The third-order valence-electron chi connectivity index (χ3n) is 4.73. The van der Waals surface area contributed by atoms with Gasteiger partial charge in [-0.1, -0.05) is 6.92 Å². The molecule has 1 aliphatic rings. The SMILES string of the molecule is CCC(Oc1cc(C)c(N)c(C)c1C)C(=O)NC1CCNCC1. The predicted octanol–water partition coefficient (Wildman–Crippen LogP) is 2.22. The van der Waals surface area contributed by atoms with Crippen LogP contribution in [0.15, 0.2) is 6.07 Å². The van der Waals surface area contributed by atoms with Gasteiger partial charge in [0.05, 0.1) is 0 Å². The summed E-state index contributed by atoms with van der Waals surface area (Å²) >= 11 is 0. The average Bonchev–Trinajstić information content (AvgIpc) is 2.55. The molecule has 128 valence electrons. The van der Waals surface area contributed by atoms with E-state index >= 15 is 0 Å². The molecule has 1 aliphatic heterocycles. The van der Waals surface area contributed by atoms with Crippen LogP contribution in [0.4, 0.5) is 5.69 Å². The highest BCUT2D eigenvalue weighted by Gasteiger charge is 2.23. The Balaban J connectivity index is 2.08. The normalized spacial score (nSPS) is 16.9. The molecule has 0 radical (unpaired) electrons. The minimum Gasteiger partial charge on any atom is -0.480 e. The van der Waals surface area contributed by atoms with Crippen molar-refractivity contribution in [3.63, 3.8) is 0 Å². The first-order chi connectivity index (χ1) is 10.9. The van der Waals surface area contributed by atoms with E-state index in [2.05, 4.69) is 10.6 Å². The summed E-state index contributed by atoms with van der Waals surface area (Å²) in [6, 6.07) is 2.18. The van der Waals surface area contributed by atoms with E-state index in [0.29, 0.717) is 6.42 Å². The molecule has 0 aliphatic carbocycles. The van der Waals surface area contributed by atoms with Gasteiger partial charge in [-0.25, -0.2) is 0 Å². The van der Waals surface area contributed by atoms with Crippen LogP contribution in [-0.2, 0) is 4.79 Å². The smallest absolute Gasteiger partial charge is 0.261 e. The van der Waals surface area contributed by atoms with Gasteiger partial charge in [0.2, 0.25) is 0 Å². The van der Waals surface area contributed by atoms with Crippen LogP contribution in [0.3, 0.4) is 0 Å². The lowest BCUT2D eigenvalue weighted by Gasteiger charge is -2.26. The van der Waals surface area contributed by atoms with Gasteiger partial charge in [-0.2, -0.15) is 0 Å². The third kappa shape index (κ3) is 4.16. The maximum absolute atomic E-state index is 12.5. The predicted molar refractivity (Wildman–Crippen MR) is 93.8 cm³/mol. The van der Waals surface area contributed by atoms with Crippen molar-refractivity contribution in [2.24, 2.45) is 0 Å². The number of anilines is 1. The fraction of sp³-hybridized carbons (Fsp3) is 0.611. The number of nitrogens with two attached hydrogens (primary N) is 1. The van der Waals surface area contributed by atoms with Crippen LogP contribution in [0, 0.1) is 20.8 Å². The van der Waals surface area contributed by atoms with Gasteiger partial charge >= 0.3 is 0 Å². The van der Waals surface area contributed by atoms with E-state index in [4.69, 9.17) is 10.5 Å². The lowest BCUT2D eigenvalue weighted by Crippen LogP contribution is -2.47. The maximum Gasteiger partial charge on any atom is 0.261 e. The minimum atomic E-state index is -0.467. The standard InChI is InChI=1S/C18H29N3O2/c1-5-15(18(22)21-14-6-8-20-9-7-14)23-16-10-11(2)17(19)13(4)12(16)3/h10,14-15,20H,5-9,19H2,1-4H3,(H,21,22). The van der Waals surface area contributed by atoms with Crippen molar-refractivity contribution in [2.75, 3.05) is 18.8 Å². The Kier molecular flexibility index (Phi) is 5.88. The Morgan fingerprint density at radius 2 is 2.00 bits per heavy atom. The quantitative estimate of drug-likeness (QED) is 0.727. The summed E-state index contributed by atoms with van der Waals surface area (Å²) in [5, 5.41) is 6.42. The minimum absolute atomic E-state index is 0.0223. The van der Waals surface area contributed by atoms with Crippen LogP contribution in [0.2, 0.25) is 0 Å². The summed E-state index contributed by atoms with van der Waals surface area (Å²) < 4.78 is 6.03. The van der Waals surface area contributed by atoms with E-state index < -0.39 is 6.10 Å². The zero-order valence-electron chi connectivity index (χ0n) is 14.7. The second-order valence-corrected chi connectivity index (χ2v) is 6.40. The molecule has 5 nitrogen and oxygen atoms in total. The van der Waals surface area contributed by atoms with Crippen molar-refractivity contribution >= 4 is 11.6 Å². The number of carbonyl (C=O) groups is 1. The number of hydrogen-bond donors (Lipinski definition) is 3. The van der Waals surface area contributed by atoms with E-state index in [0.717, 1.165) is 54.1 Å². The summed E-state index contributed by atoms with van der Waals surface area (Å²) in [6.07, 6.45) is 2.12. The Morgan fingerprint density at radius 1 is 1.35 bits per heavy atom. The van der Waals surface area contributed by atoms with Crippen molar-refractivity contribution in [1.29, 1.82) is 0 Å². The molecule has 1 unspecified atom stereocenters. The van der Waals surface area contributed by atoms with E-state index in [1.54, 1.807) is 0 Å². The summed E-state index contributed by atoms with van der Waals surface area (Å²) in [7, 11) is 0. The van der Waals surface area contributed by atoms with Crippen molar-refractivity contribution in [3.8, 4) is 5.75 Å². The molecule has 1 fully saturated rings. The van der Waals surface area contributed by atoms with Gasteiger partial charge in [0.1, 0.15) is 5.75 Å². The number of nitrogen functional groups attached to an aromatic ring is 1. The van der Waals surface area contributed by atoms with Crippen LogP contribution >= 0.6 is 0 Å². The van der Waals surface area contributed by atoms with Gasteiger partial charge in [-0.3, -0.25) is 4.79 Å². The Bertz CT molecular complexity index is 566. The fourth-order valence-electron chi connectivity index (χ4n) is 2.92. The van der Waals surface area contributed by atoms with E-state index in [1.165, 1.54) is 0 Å². The van der Waals surface area contributed by atoms with E-state index in [1.807, 2.05) is 33.8 Å². The molecule has 4 N–H and O–H groups in total. The second kappa shape index (κ2) is 7.68. The lowest BCUT2D eigenvalue weighted by atomic mass is 10.0. The number of nitrogens with one attached hydrogen (secondary N) is 2. The molecule has 1 amide bonds. The number of rotatable bonds is 5. The molecular weight excluding hydrogens is 290 g/mol. The van der Waals surface area contributed by atoms with Crippen molar-refractivity contribution < 1.29 is 9.53 Å². The lowest BCUT2D eigenvalue weighted by molar-refractivity contribution is -0.129. The van der Waals surface area contributed by atoms with Gasteiger partial charge in [-0.05, 0) is 75.9 Å². The van der Waals surface area contributed by atoms with Crippen LogP contribution in [0.1, 0.15) is 42.9 Å². The molecule has 0 aromatic heterocycles. The molecule has 23 heavy (non-hydrogen) atoms. The zero-order chi connectivity index (χ0) is 17.0. The Labute approximate surface area is 139 Å². The summed E-state index contributed by atoms with van der Waals surface area (Å²) in [5.74, 6) is 0.729. The first-order valence-corrected chi connectivity index (χ1v) is 8.48. The first kappa shape index (κ1) is 17.6. The molecule has 2 rings (SSSR count). The number of benzene rings is 1. The topological polar surface area (TPSA) is 76.4 Å². The van der Waals surface area contributed by atoms with Gasteiger partial charge in [0.15, 0.2) is 6.10 Å². The highest BCUT2D eigenvalue weighted by molar-refractivity contribution is 5.81. The van der Waals surface area contributed by atoms with Crippen LogP contribution in [0.25, 0.3) is 0 Å². The highest BCUT2D eigenvalue weighted by atomic mass is 16.5. The maximum atomic E-state index is 12.5. The van der Waals surface area contributed by atoms with Crippen LogP contribution in [-0.4, -0.2) is 31.1 Å². The molecule has 0 spiro atoms. The van der Waals surface area contributed by atoms with Gasteiger partial charge in [0.25, 0.3) is 5.91 Å². The molecule has 1 atom stereocenters. The van der Waals surface area contributed by atoms with Crippen LogP contribution < -0.4 is 21.1 Å². The fourth-order valence-corrected chi connectivity index (χ4v) is 2.92. The van der Waals surface area contributed by atoms with Crippen molar-refractivity contribution in [2.45, 2.75) is 59.1 Å². The largest absolute Gasteiger partial charge is 0.480 e. The first-order valence-electron chi connectivity index (χ1n) is 8.48. The summed E-state index contributed by atoms with van der Waals surface area (Å²) in [4.78, 5) is 12.5. The monoisotopic (exact) mass is 319 g/mol. The molecule has 1 heterocycles. The zero-order valence-corrected chi connectivity index (χ0v) is 14.7. The number of aryl methyl sites for hydroxylation is 1. The second-order valence-electron chi connectivity index (χ2n) is 6.40. The van der Waals surface area contributed by atoms with Gasteiger partial charge in [-0.15, -0.1) is 0 Å². The third-order valence-corrected chi connectivity index (χ3v) is 4.73. The van der Waals surface area contributed by atoms with E-state index in [-0.39, 0.29) is 11.9 Å². The van der Waals surface area contributed by atoms with Gasteiger partial charge < -0.3 is 21.1 Å². The number of ether oxygens (including phenoxy) is 1. The number of amides is 1. The molecular formula is C18H29N3O2. The van der Waals surface area contributed by atoms with E-state index in [9.17, 15) is 4.79 Å². The summed E-state index contributed by atoms with van der Waals surface area (Å²) in [6.45, 7) is 9.82. The summed E-state index contributed by atoms with van der Waals surface area (Å²) in [5.41, 5.74) is 9.86. The number of piperidine rings is 1.